The van der Waals surface area contributed by atoms with E-state index in [9.17, 15) is 33.5 Å². The van der Waals surface area contributed by atoms with Gasteiger partial charge in [0.15, 0.2) is 0 Å². The lowest BCUT2D eigenvalue weighted by molar-refractivity contribution is -0.120. The Balaban J connectivity index is 2.01. The van der Waals surface area contributed by atoms with Crippen LogP contribution in [0.1, 0.15) is 25.3 Å². The van der Waals surface area contributed by atoms with Gasteiger partial charge in [0.2, 0.25) is 5.91 Å². The number of nitrogens with zero attached hydrogens (tertiary/aromatic N) is 1. The fraction of sp³-hybridized carbons (Fsp3) is 0.588. The fourth-order valence-electron chi connectivity index (χ4n) is 2.92. The molecule has 2 rings (SSSR count). The highest BCUT2D eigenvalue weighted by atomic mass is 31.2. The Hall–Kier alpha value is -2.20. The topological polar surface area (TPSA) is 206 Å². The second-order valence-corrected chi connectivity index (χ2v) is 9.31. The van der Waals surface area contributed by atoms with Crippen molar-refractivity contribution in [3.05, 3.63) is 32.6 Å². The van der Waals surface area contributed by atoms with Crippen LogP contribution in [0.25, 0.3) is 0 Å². The van der Waals surface area contributed by atoms with Gasteiger partial charge in [-0.3, -0.25) is 28.6 Å². The lowest BCUT2D eigenvalue weighted by Crippen LogP contribution is -2.37. The van der Waals surface area contributed by atoms with Crippen molar-refractivity contribution < 1.29 is 42.4 Å². The number of aliphatic hydroxyl groups is 1. The van der Waals surface area contributed by atoms with E-state index in [1.54, 1.807) is 0 Å². The Bertz CT molecular complexity index is 1090. The summed E-state index contributed by atoms with van der Waals surface area (Å²) in [6.45, 7) is 1.14. The van der Waals surface area contributed by atoms with Gasteiger partial charge in [0, 0.05) is 29.6 Å². The van der Waals surface area contributed by atoms with Crippen LogP contribution in [-0.2, 0) is 34.0 Å². The Morgan fingerprint density at radius 3 is 2.88 bits per heavy atom. The van der Waals surface area contributed by atoms with E-state index in [2.05, 4.69) is 31.0 Å². The first-order valence-corrected chi connectivity index (χ1v) is 12.4. The van der Waals surface area contributed by atoms with Gasteiger partial charge in [0.25, 0.3) is 5.56 Å². The summed E-state index contributed by atoms with van der Waals surface area (Å²) in [4.78, 5) is 55.5. The van der Waals surface area contributed by atoms with Gasteiger partial charge in [-0.05, 0) is 10.7 Å². The number of phosphoric ester groups is 1. The van der Waals surface area contributed by atoms with Crippen molar-refractivity contribution in [1.29, 1.82) is 0 Å². The first kappa shape index (κ1) is 27.0. The molecule has 1 aromatic heterocycles. The molecule has 1 amide bonds. The molecular weight excluding hydrogens is 484 g/mol. The third kappa shape index (κ3) is 8.58. The smallest absolute Gasteiger partial charge is 0.390 e. The fourth-order valence-corrected chi connectivity index (χ4v) is 4.15. The predicted octanol–water partition coefficient (Wildman–Crippen LogP) is -1.04. The first-order chi connectivity index (χ1) is 15.5. The molecule has 0 aromatic carbocycles. The Morgan fingerprint density at radius 2 is 2.21 bits per heavy atom. The number of H-pyrrole nitrogens is 1. The van der Waals surface area contributed by atoms with Crippen molar-refractivity contribution in [2.45, 2.75) is 38.5 Å². The number of ether oxygens (including phenoxy) is 1. The minimum absolute atomic E-state index is 0.0240. The van der Waals surface area contributed by atoms with Gasteiger partial charge >= 0.3 is 21.8 Å². The molecule has 1 saturated heterocycles. The number of rotatable bonds is 10. The van der Waals surface area contributed by atoms with Gasteiger partial charge < -0.3 is 15.2 Å². The number of amides is 1. The van der Waals surface area contributed by atoms with Crippen LogP contribution >= 0.6 is 16.1 Å². The normalized spacial score (nSPS) is 22.2. The summed E-state index contributed by atoms with van der Waals surface area (Å²) in [5.41, 5.74) is -1.48. The summed E-state index contributed by atoms with van der Waals surface area (Å²) in [7, 11) is -8.20. The highest BCUT2D eigenvalue weighted by Gasteiger charge is 2.40. The molecule has 1 aliphatic heterocycles. The molecule has 3 unspecified atom stereocenters. The molecule has 0 bridgehead atoms. The molecule has 5 atom stereocenters. The van der Waals surface area contributed by atoms with Crippen molar-refractivity contribution in [3.8, 4) is 11.8 Å². The van der Waals surface area contributed by atoms with Gasteiger partial charge in [-0.2, -0.15) is 0 Å². The highest BCUT2D eigenvalue weighted by molar-refractivity contribution is 7.55. The Kier molecular flexibility index (Phi) is 10.1. The molecule has 182 valence electrons. The number of aromatic nitrogens is 2. The van der Waals surface area contributed by atoms with Crippen LogP contribution in [0.3, 0.4) is 0 Å². The van der Waals surface area contributed by atoms with Crippen LogP contribution in [0.15, 0.2) is 15.8 Å². The number of phosphoric acid groups is 1. The Morgan fingerprint density at radius 1 is 1.48 bits per heavy atom. The molecule has 33 heavy (non-hydrogen) atoms. The van der Waals surface area contributed by atoms with Crippen molar-refractivity contribution in [3.63, 3.8) is 0 Å². The van der Waals surface area contributed by atoms with Crippen LogP contribution in [0.2, 0.25) is 0 Å². The van der Waals surface area contributed by atoms with Gasteiger partial charge in [0.1, 0.15) is 11.7 Å². The molecule has 16 heteroatoms. The number of carbonyl (C=O) groups is 1. The van der Waals surface area contributed by atoms with Gasteiger partial charge in [-0.25, -0.2) is 9.36 Å². The van der Waals surface area contributed by atoms with Crippen molar-refractivity contribution in [2.24, 2.45) is 5.92 Å². The molecule has 1 aromatic rings. The maximum atomic E-state index is 12.1. The minimum atomic E-state index is -4.82. The maximum absolute atomic E-state index is 12.1. The van der Waals surface area contributed by atoms with Crippen LogP contribution in [0.4, 0.5) is 0 Å². The molecule has 2 heterocycles. The van der Waals surface area contributed by atoms with Crippen molar-refractivity contribution >= 4 is 22.0 Å². The summed E-state index contributed by atoms with van der Waals surface area (Å²) in [5.74, 6) is 4.38. The summed E-state index contributed by atoms with van der Waals surface area (Å²) in [6.07, 6.45) is -0.0402. The quantitative estimate of drug-likeness (QED) is 0.191. The average molecular weight is 508 g/mol. The van der Waals surface area contributed by atoms with Crippen molar-refractivity contribution in [1.82, 2.24) is 14.9 Å². The molecule has 0 radical (unpaired) electrons. The molecule has 1 aliphatic rings. The first-order valence-electron chi connectivity index (χ1n) is 9.74. The van der Waals surface area contributed by atoms with E-state index in [4.69, 9.17) is 9.63 Å². The zero-order valence-corrected chi connectivity index (χ0v) is 19.3. The second-order valence-electron chi connectivity index (χ2n) is 6.99. The third-order valence-corrected chi connectivity index (χ3v) is 6.34. The lowest BCUT2D eigenvalue weighted by atomic mass is 10.0. The maximum Gasteiger partial charge on any atom is 0.705 e. The molecule has 14 nitrogen and oxygen atoms in total. The number of aliphatic hydroxyl groups excluding tert-OH is 1. The van der Waals surface area contributed by atoms with Crippen LogP contribution < -0.4 is 16.6 Å². The van der Waals surface area contributed by atoms with Gasteiger partial charge in [0.05, 0.1) is 25.9 Å². The molecule has 0 spiro atoms. The number of aromatic amines is 1. The van der Waals surface area contributed by atoms with Crippen LogP contribution in [0, 0.1) is 17.8 Å². The average Bonchev–Trinajstić information content (AvgIpc) is 3.05. The molecular formula is C17H24N3O11P2+. The van der Waals surface area contributed by atoms with Crippen LogP contribution in [-0.4, -0.2) is 62.3 Å². The minimum Gasteiger partial charge on any atom is -0.390 e. The zero-order valence-electron chi connectivity index (χ0n) is 17.5. The molecule has 0 aliphatic carbocycles. The summed E-state index contributed by atoms with van der Waals surface area (Å²) < 4.78 is 36.8. The van der Waals surface area contributed by atoms with Crippen LogP contribution in [0.5, 0.6) is 0 Å². The van der Waals surface area contributed by atoms with E-state index in [1.165, 1.54) is 6.20 Å². The highest BCUT2D eigenvalue weighted by Crippen LogP contribution is 2.50. The monoisotopic (exact) mass is 508 g/mol. The summed E-state index contributed by atoms with van der Waals surface area (Å²) in [5, 5.41) is 13.0. The van der Waals surface area contributed by atoms with Crippen molar-refractivity contribution in [2.75, 3.05) is 19.8 Å². The number of hydrogen-bond donors (Lipinski definition) is 5. The number of nitrogens with one attached hydrogen (secondary N) is 2. The van der Waals surface area contributed by atoms with E-state index >= 15 is 0 Å². The van der Waals surface area contributed by atoms with E-state index in [0.717, 1.165) is 4.57 Å². The standard InChI is InChI=1S/C17H23N3O11P2/c1-2-4-14(21)18-6-3-5-11-7-20(17(24)19-16(11)23)8-12-9-29-13(15(12)22)10-30-33(27,28)31-32(25)26/h7,12-13,15,22H,2,4,6,8-10H2,1H3,(H3-,18,19,21,23,24,25,26,27,28)/p+1/t12?,13-,15+/m1/s1. The number of hydrogen-bond acceptors (Lipinski definition) is 9. The number of carbonyl (C=O) groups excluding carboxylic acids is 1. The van der Waals surface area contributed by atoms with E-state index in [0.29, 0.717) is 12.8 Å². The molecule has 0 saturated carbocycles. The summed E-state index contributed by atoms with van der Waals surface area (Å²) >= 11 is 0. The third-order valence-electron chi connectivity index (χ3n) is 4.48. The zero-order chi connectivity index (χ0) is 24.6. The van der Waals surface area contributed by atoms with Gasteiger partial charge in [-0.15, -0.1) is 4.89 Å². The Labute approximate surface area is 188 Å². The van der Waals surface area contributed by atoms with E-state index in [-0.39, 0.29) is 31.2 Å². The van der Waals surface area contributed by atoms with Gasteiger partial charge in [-0.1, -0.05) is 18.8 Å². The largest absolute Gasteiger partial charge is 0.705 e. The molecule has 1 fully saturated rings. The van der Waals surface area contributed by atoms with E-state index < -0.39 is 52.1 Å². The lowest BCUT2D eigenvalue weighted by Gasteiger charge is -2.18. The molecule has 5 N–H and O–H groups in total. The second kappa shape index (κ2) is 12.3. The summed E-state index contributed by atoms with van der Waals surface area (Å²) in [6, 6.07) is 0. The predicted molar refractivity (Wildman–Crippen MR) is 112 cm³/mol. The van der Waals surface area contributed by atoms with E-state index in [1.807, 2.05) is 6.92 Å². The SMILES string of the molecule is CCCC(=O)NCC#Cc1cn(CC2CO[C@H](COP(=O)(O)O[P+](=O)O)[C@H]2O)c(=O)[nH]c1=O.